The Labute approximate surface area is 57.0 Å². The molecular formula is C8H14N. The average Bonchev–Trinajstić information content (AvgIpc) is 2.45. The Morgan fingerprint density at radius 3 is 2.67 bits per heavy atom. The van der Waals surface area contributed by atoms with Crippen LogP contribution in [-0.4, -0.2) is 24.0 Å². The zero-order valence-corrected chi connectivity index (χ0v) is 5.84. The topological polar surface area (TPSA) is 3.24 Å². The van der Waals surface area contributed by atoms with Gasteiger partial charge in [-0.15, -0.1) is 0 Å². The van der Waals surface area contributed by atoms with E-state index in [1.165, 1.54) is 25.8 Å². The van der Waals surface area contributed by atoms with E-state index >= 15 is 0 Å². The fraction of sp³-hybridized carbons (Fsp3) is 0.875. The Bertz CT molecular complexity index is 111. The first kappa shape index (κ1) is 5.72. The summed E-state index contributed by atoms with van der Waals surface area (Å²) in [5.74, 6) is 1.04. The molecule has 0 N–H and O–H groups in total. The van der Waals surface area contributed by atoms with Crippen molar-refractivity contribution in [2.45, 2.75) is 25.3 Å². The van der Waals surface area contributed by atoms with Crippen molar-refractivity contribution < 1.29 is 0 Å². The lowest BCUT2D eigenvalue weighted by molar-refractivity contribution is 0.235. The number of rotatable bonds is 1. The van der Waals surface area contributed by atoms with Gasteiger partial charge in [0.1, 0.15) is 0 Å². The van der Waals surface area contributed by atoms with Gasteiger partial charge in [-0.3, -0.25) is 0 Å². The summed E-state index contributed by atoms with van der Waals surface area (Å²) in [5.41, 5.74) is 0. The van der Waals surface area contributed by atoms with Crippen LogP contribution in [-0.2, 0) is 0 Å². The van der Waals surface area contributed by atoms with Gasteiger partial charge in [0.25, 0.3) is 0 Å². The van der Waals surface area contributed by atoms with Crippen molar-refractivity contribution in [3.63, 3.8) is 0 Å². The molecule has 1 saturated carbocycles. The molecule has 1 heterocycles. The molecule has 0 spiro atoms. The third kappa shape index (κ3) is 0.787. The minimum atomic E-state index is 0.924. The van der Waals surface area contributed by atoms with E-state index in [1.807, 2.05) is 0 Å². The van der Waals surface area contributed by atoms with Crippen LogP contribution in [0.1, 0.15) is 19.3 Å². The van der Waals surface area contributed by atoms with E-state index < -0.39 is 0 Å². The van der Waals surface area contributed by atoms with Gasteiger partial charge in [0.2, 0.25) is 0 Å². The molecule has 1 saturated heterocycles. The van der Waals surface area contributed by atoms with E-state index in [9.17, 15) is 0 Å². The normalized spacial score (nSPS) is 42.3. The highest BCUT2D eigenvalue weighted by molar-refractivity contribution is 4.91. The van der Waals surface area contributed by atoms with Crippen LogP contribution >= 0.6 is 0 Å². The summed E-state index contributed by atoms with van der Waals surface area (Å²) in [7, 11) is 0. The fourth-order valence-electron chi connectivity index (χ4n) is 2.30. The van der Waals surface area contributed by atoms with Crippen molar-refractivity contribution in [2.24, 2.45) is 5.92 Å². The summed E-state index contributed by atoms with van der Waals surface area (Å²) in [6.07, 6.45) is 4.40. The van der Waals surface area contributed by atoms with Gasteiger partial charge in [-0.1, -0.05) is 0 Å². The minimum absolute atomic E-state index is 0.924. The van der Waals surface area contributed by atoms with E-state index in [1.54, 1.807) is 0 Å². The lowest BCUT2D eigenvalue weighted by Crippen LogP contribution is -2.31. The number of hydrogen-bond donors (Lipinski definition) is 0. The molecule has 1 radical (unpaired) electrons. The van der Waals surface area contributed by atoms with Gasteiger partial charge in [0, 0.05) is 12.6 Å². The van der Waals surface area contributed by atoms with Crippen LogP contribution in [0.5, 0.6) is 0 Å². The Kier molecular flexibility index (Phi) is 1.26. The summed E-state index contributed by atoms with van der Waals surface area (Å²) in [5, 5.41) is 0. The molecule has 0 aromatic heterocycles. The Hall–Kier alpha value is -0.0400. The van der Waals surface area contributed by atoms with E-state index in [0.717, 1.165) is 18.5 Å². The molecule has 0 aromatic carbocycles. The lowest BCUT2D eigenvalue weighted by atomic mass is 10.1. The van der Waals surface area contributed by atoms with Crippen LogP contribution in [0.25, 0.3) is 0 Å². The third-order valence-electron chi connectivity index (χ3n) is 2.81. The largest absolute Gasteiger partial charge is 0.300 e. The standard InChI is InChI=1S/C8H14N/c1-2-9-6-7-3-4-8(9)5-7/h7-8H,1-6H2/t7-,8+/m1/s1. The maximum absolute atomic E-state index is 3.91. The smallest absolute Gasteiger partial charge is 0.00985 e. The maximum Gasteiger partial charge on any atom is 0.00985 e. The average molecular weight is 124 g/mol. The van der Waals surface area contributed by atoms with E-state index in [4.69, 9.17) is 0 Å². The van der Waals surface area contributed by atoms with E-state index in [0.29, 0.717) is 0 Å². The van der Waals surface area contributed by atoms with Crippen LogP contribution in [0.2, 0.25) is 0 Å². The highest BCUT2D eigenvalue weighted by Gasteiger charge is 2.36. The molecule has 1 heteroatoms. The predicted molar refractivity (Wildman–Crippen MR) is 38.1 cm³/mol. The van der Waals surface area contributed by atoms with Gasteiger partial charge >= 0.3 is 0 Å². The first-order valence-electron chi connectivity index (χ1n) is 3.93. The SMILES string of the molecule is [CH2]CN1C[C@@H]2CC[C@H]1C2. The van der Waals surface area contributed by atoms with Crippen molar-refractivity contribution in [1.82, 2.24) is 4.90 Å². The van der Waals surface area contributed by atoms with E-state index in [-0.39, 0.29) is 0 Å². The number of piperidine rings is 1. The molecule has 1 aliphatic carbocycles. The zero-order valence-electron chi connectivity index (χ0n) is 5.84. The van der Waals surface area contributed by atoms with Crippen LogP contribution in [0.4, 0.5) is 0 Å². The quantitative estimate of drug-likeness (QED) is 0.509. The summed E-state index contributed by atoms with van der Waals surface area (Å²) in [4.78, 5) is 2.52. The molecule has 51 valence electrons. The predicted octanol–water partition coefficient (Wildman–Crippen LogP) is 1.30. The van der Waals surface area contributed by atoms with Crippen molar-refractivity contribution >= 4 is 0 Å². The van der Waals surface area contributed by atoms with Crippen LogP contribution in [0.15, 0.2) is 0 Å². The van der Waals surface area contributed by atoms with Crippen molar-refractivity contribution in [1.29, 1.82) is 0 Å². The van der Waals surface area contributed by atoms with Gasteiger partial charge in [-0.25, -0.2) is 0 Å². The number of fused-ring (bicyclic) bond motifs is 2. The molecule has 0 unspecified atom stereocenters. The highest BCUT2D eigenvalue weighted by atomic mass is 15.2. The van der Waals surface area contributed by atoms with Crippen molar-refractivity contribution in [3.05, 3.63) is 6.92 Å². The first-order valence-corrected chi connectivity index (χ1v) is 3.93. The number of hydrogen-bond acceptors (Lipinski definition) is 1. The summed E-state index contributed by atoms with van der Waals surface area (Å²) in [6.45, 7) is 6.28. The van der Waals surface area contributed by atoms with E-state index in [2.05, 4.69) is 11.8 Å². The Morgan fingerprint density at radius 2 is 2.33 bits per heavy atom. The molecule has 2 aliphatic rings. The molecule has 2 fully saturated rings. The lowest BCUT2D eigenvalue weighted by Gasteiger charge is -2.24. The zero-order chi connectivity index (χ0) is 6.27. The second kappa shape index (κ2) is 1.98. The van der Waals surface area contributed by atoms with Gasteiger partial charge in [-0.2, -0.15) is 0 Å². The number of likely N-dealkylation sites (tertiary alicyclic amines) is 1. The van der Waals surface area contributed by atoms with Gasteiger partial charge in [0.05, 0.1) is 0 Å². The monoisotopic (exact) mass is 124 g/mol. The van der Waals surface area contributed by atoms with Crippen LogP contribution in [0.3, 0.4) is 0 Å². The molecule has 2 bridgehead atoms. The molecule has 2 atom stereocenters. The van der Waals surface area contributed by atoms with Crippen molar-refractivity contribution in [2.75, 3.05) is 13.1 Å². The summed E-state index contributed by atoms with van der Waals surface area (Å²) >= 11 is 0. The van der Waals surface area contributed by atoms with Gasteiger partial charge in [0.15, 0.2) is 0 Å². The molecule has 0 aromatic rings. The fourth-order valence-corrected chi connectivity index (χ4v) is 2.30. The third-order valence-corrected chi connectivity index (χ3v) is 2.81. The summed E-state index contributed by atoms with van der Waals surface area (Å²) < 4.78 is 0. The molecule has 9 heavy (non-hydrogen) atoms. The highest BCUT2D eigenvalue weighted by Crippen LogP contribution is 2.36. The minimum Gasteiger partial charge on any atom is -0.300 e. The van der Waals surface area contributed by atoms with Gasteiger partial charge < -0.3 is 4.90 Å². The molecule has 2 rings (SSSR count). The van der Waals surface area contributed by atoms with Crippen LogP contribution < -0.4 is 0 Å². The number of nitrogens with zero attached hydrogens (tertiary/aromatic N) is 1. The van der Waals surface area contributed by atoms with Gasteiger partial charge in [-0.05, 0) is 38.6 Å². The second-order valence-corrected chi connectivity index (χ2v) is 3.33. The molecular weight excluding hydrogens is 110 g/mol. The molecule has 0 amide bonds. The Balaban J connectivity index is 2.01. The second-order valence-electron chi connectivity index (χ2n) is 3.33. The molecule has 1 nitrogen and oxygen atoms in total. The Morgan fingerprint density at radius 1 is 1.44 bits per heavy atom. The first-order chi connectivity index (χ1) is 4.40. The van der Waals surface area contributed by atoms with Crippen LogP contribution in [0, 0.1) is 12.8 Å². The molecule has 1 aliphatic heterocycles. The maximum atomic E-state index is 3.91. The van der Waals surface area contributed by atoms with Crippen molar-refractivity contribution in [3.8, 4) is 0 Å². The summed E-state index contributed by atoms with van der Waals surface area (Å²) in [6, 6.07) is 0.924.